The minimum absolute atomic E-state index is 0.0806. The van der Waals surface area contributed by atoms with Crippen LogP contribution in [0.1, 0.15) is 25.7 Å². The highest BCUT2D eigenvalue weighted by Gasteiger charge is 2.46. The highest BCUT2D eigenvalue weighted by molar-refractivity contribution is 8.13. The fourth-order valence-corrected chi connectivity index (χ4v) is 3.71. The molecule has 1 fully saturated rings. The maximum Gasteiger partial charge on any atom is 0.276 e. The monoisotopic (exact) mass is 300 g/mol. The average Bonchev–Trinajstić information content (AvgIpc) is 2.96. The van der Waals surface area contributed by atoms with E-state index in [1.807, 2.05) is 35.5 Å². The van der Waals surface area contributed by atoms with E-state index in [1.165, 1.54) is 11.8 Å². The number of nitrogens with zero attached hydrogens (tertiary/aromatic N) is 3. The Bertz CT molecular complexity index is 764. The van der Waals surface area contributed by atoms with Crippen LogP contribution in [0.4, 0.5) is 0 Å². The molecule has 0 saturated heterocycles. The molecular formula is C15H16N4OS. The molecule has 4 rings (SSSR count). The van der Waals surface area contributed by atoms with Crippen molar-refractivity contribution in [1.29, 1.82) is 0 Å². The van der Waals surface area contributed by atoms with Crippen LogP contribution in [-0.4, -0.2) is 28.0 Å². The van der Waals surface area contributed by atoms with E-state index in [0.29, 0.717) is 10.9 Å². The summed E-state index contributed by atoms with van der Waals surface area (Å²) >= 11 is 1.45. The van der Waals surface area contributed by atoms with E-state index in [1.54, 1.807) is 0 Å². The predicted octanol–water partition coefficient (Wildman–Crippen LogP) is 0.764. The van der Waals surface area contributed by atoms with Crippen LogP contribution in [0.2, 0.25) is 0 Å². The molecule has 1 N–H and O–H groups in total. The number of fused-ring (bicyclic) bond motifs is 3. The van der Waals surface area contributed by atoms with E-state index in [2.05, 4.69) is 10.4 Å². The van der Waals surface area contributed by atoms with Crippen molar-refractivity contribution in [3.05, 3.63) is 34.8 Å². The molecule has 1 saturated carbocycles. The van der Waals surface area contributed by atoms with Crippen LogP contribution in [-0.2, 0) is 4.79 Å². The van der Waals surface area contributed by atoms with Crippen LogP contribution in [0, 0.1) is 0 Å². The van der Waals surface area contributed by atoms with E-state index in [-0.39, 0.29) is 11.6 Å². The van der Waals surface area contributed by atoms with Crippen molar-refractivity contribution in [3.63, 3.8) is 0 Å². The number of thioether (sulfide) groups is 1. The molecule has 0 unspecified atom stereocenters. The van der Waals surface area contributed by atoms with Crippen molar-refractivity contribution < 1.29 is 4.79 Å². The Hall–Kier alpha value is -1.82. The van der Waals surface area contributed by atoms with Gasteiger partial charge in [-0.3, -0.25) is 15.1 Å². The van der Waals surface area contributed by atoms with Crippen molar-refractivity contribution >= 4 is 28.5 Å². The Labute approximate surface area is 126 Å². The summed E-state index contributed by atoms with van der Waals surface area (Å²) in [5.41, 5.74) is 0.267. The topological polar surface area (TPSA) is 57.1 Å². The molecular weight excluding hydrogens is 284 g/mol. The van der Waals surface area contributed by atoms with Gasteiger partial charge < -0.3 is 0 Å². The molecule has 1 aromatic rings. The van der Waals surface area contributed by atoms with Crippen molar-refractivity contribution in [2.45, 2.75) is 31.3 Å². The van der Waals surface area contributed by atoms with Gasteiger partial charge in [0.15, 0.2) is 10.8 Å². The largest absolute Gasteiger partial charge is 0.298 e. The summed E-state index contributed by atoms with van der Waals surface area (Å²) in [6.07, 6.45) is 6.06. The number of hydrazone groups is 1. The minimum Gasteiger partial charge on any atom is -0.298 e. The van der Waals surface area contributed by atoms with Gasteiger partial charge in [0.25, 0.3) is 5.91 Å². The SMILES string of the molecule is CSC1=NN2C(=c3ccccc3=NC23CCCC3)C(=O)N1. The van der Waals surface area contributed by atoms with Gasteiger partial charge in [0, 0.05) is 5.22 Å². The summed E-state index contributed by atoms with van der Waals surface area (Å²) < 4.78 is 0. The van der Waals surface area contributed by atoms with E-state index in [9.17, 15) is 4.79 Å². The van der Waals surface area contributed by atoms with Crippen molar-refractivity contribution in [2.75, 3.05) is 6.26 Å². The third-order valence-electron chi connectivity index (χ3n) is 4.32. The standard InChI is InChI=1S/C15H16N4OS/c1-21-14-16-13(20)12-10-6-2-3-7-11(10)17-15(19(12)18-14)8-4-5-9-15/h2-3,6-7H,4-5,8-9H2,1H3,(H,16,18,20). The smallest absolute Gasteiger partial charge is 0.276 e. The van der Waals surface area contributed by atoms with Gasteiger partial charge in [-0.15, -0.1) is 5.10 Å². The third-order valence-corrected chi connectivity index (χ3v) is 4.89. The van der Waals surface area contributed by atoms with Crippen molar-refractivity contribution in [1.82, 2.24) is 10.3 Å². The Morgan fingerprint density at radius 1 is 1.29 bits per heavy atom. The second-order valence-corrected chi connectivity index (χ2v) is 6.34. The van der Waals surface area contributed by atoms with Gasteiger partial charge >= 0.3 is 0 Å². The summed E-state index contributed by atoms with van der Waals surface area (Å²) in [7, 11) is 0. The molecule has 108 valence electrons. The number of para-hydroxylation sites is 1. The number of carbonyl (C=O) groups excluding carboxylic acids is 1. The highest BCUT2D eigenvalue weighted by atomic mass is 32.2. The first kappa shape index (κ1) is 12.9. The van der Waals surface area contributed by atoms with E-state index < -0.39 is 0 Å². The van der Waals surface area contributed by atoms with E-state index in [4.69, 9.17) is 4.99 Å². The van der Waals surface area contributed by atoms with E-state index in [0.717, 1.165) is 36.3 Å². The minimum atomic E-state index is -0.373. The maximum absolute atomic E-state index is 12.6. The zero-order valence-electron chi connectivity index (χ0n) is 11.8. The maximum atomic E-state index is 12.6. The van der Waals surface area contributed by atoms with Gasteiger partial charge in [0.1, 0.15) is 5.70 Å². The summed E-state index contributed by atoms with van der Waals surface area (Å²) in [5, 5.41) is 11.8. The molecule has 21 heavy (non-hydrogen) atoms. The number of carbonyl (C=O) groups is 1. The van der Waals surface area contributed by atoms with E-state index >= 15 is 0 Å². The van der Waals surface area contributed by atoms with Crippen LogP contribution in [0.25, 0.3) is 5.70 Å². The van der Waals surface area contributed by atoms with Crippen LogP contribution < -0.4 is 15.9 Å². The van der Waals surface area contributed by atoms with Gasteiger partial charge in [0.2, 0.25) is 0 Å². The lowest BCUT2D eigenvalue weighted by Crippen LogP contribution is -2.57. The summed E-state index contributed by atoms with van der Waals surface area (Å²) in [4.78, 5) is 17.5. The lowest BCUT2D eigenvalue weighted by Gasteiger charge is -2.41. The first-order valence-corrected chi connectivity index (χ1v) is 8.39. The molecule has 6 heteroatoms. The fraction of sp³-hybridized carbons (Fsp3) is 0.400. The molecule has 0 radical (unpaired) electrons. The molecule has 1 aliphatic carbocycles. The molecule has 0 aromatic heterocycles. The Morgan fingerprint density at radius 2 is 2.05 bits per heavy atom. The quantitative estimate of drug-likeness (QED) is 0.770. The van der Waals surface area contributed by atoms with Crippen LogP contribution in [0.3, 0.4) is 0 Å². The number of nitrogens with one attached hydrogen (secondary N) is 1. The first-order valence-electron chi connectivity index (χ1n) is 7.17. The predicted molar refractivity (Wildman–Crippen MR) is 82.8 cm³/mol. The molecule has 0 atom stereocenters. The number of amides is 1. The Morgan fingerprint density at radius 3 is 2.81 bits per heavy atom. The molecule has 1 aromatic carbocycles. The van der Waals surface area contributed by atoms with Crippen LogP contribution in [0.5, 0.6) is 0 Å². The fourth-order valence-electron chi connectivity index (χ4n) is 3.36. The second kappa shape index (κ2) is 4.59. The molecule has 3 aliphatic rings. The second-order valence-electron chi connectivity index (χ2n) is 5.54. The van der Waals surface area contributed by atoms with Gasteiger partial charge in [-0.2, -0.15) is 0 Å². The summed E-state index contributed by atoms with van der Waals surface area (Å²) in [5.74, 6) is -0.0806. The average molecular weight is 300 g/mol. The van der Waals surface area contributed by atoms with Gasteiger partial charge in [-0.1, -0.05) is 30.0 Å². The molecule has 2 aliphatic heterocycles. The molecule has 1 amide bonds. The number of amidine groups is 1. The van der Waals surface area contributed by atoms with Gasteiger partial charge in [-0.25, -0.2) is 5.01 Å². The normalized spacial score (nSPS) is 22.3. The molecule has 2 heterocycles. The number of benzene rings is 1. The number of hydrogen-bond acceptors (Lipinski definition) is 5. The number of hydrogen-bond donors (Lipinski definition) is 1. The third kappa shape index (κ3) is 1.82. The Kier molecular flexibility index (Phi) is 2.82. The Balaban J connectivity index is 2.04. The van der Waals surface area contributed by atoms with Crippen LogP contribution >= 0.6 is 11.8 Å². The summed E-state index contributed by atoms with van der Waals surface area (Å²) in [6.45, 7) is 0. The lowest BCUT2D eigenvalue weighted by atomic mass is 10.0. The van der Waals surface area contributed by atoms with Crippen LogP contribution in [0.15, 0.2) is 34.4 Å². The van der Waals surface area contributed by atoms with Gasteiger partial charge in [-0.05, 0) is 38.0 Å². The highest BCUT2D eigenvalue weighted by Crippen LogP contribution is 2.40. The molecule has 5 nitrogen and oxygen atoms in total. The molecule has 1 spiro atoms. The van der Waals surface area contributed by atoms with Crippen molar-refractivity contribution in [3.8, 4) is 0 Å². The molecule has 0 bridgehead atoms. The zero-order valence-corrected chi connectivity index (χ0v) is 12.6. The summed E-state index contributed by atoms with van der Waals surface area (Å²) in [6, 6.07) is 7.84. The van der Waals surface area contributed by atoms with Gasteiger partial charge in [0.05, 0.1) is 5.36 Å². The number of rotatable bonds is 0. The van der Waals surface area contributed by atoms with Crippen molar-refractivity contribution in [2.24, 2.45) is 10.1 Å². The zero-order chi connectivity index (χ0) is 14.4. The first-order chi connectivity index (χ1) is 10.2. The lowest BCUT2D eigenvalue weighted by molar-refractivity contribution is -0.116.